The van der Waals surface area contributed by atoms with Crippen molar-refractivity contribution >= 4 is 11.6 Å². The molecule has 1 heterocycles. The first-order chi connectivity index (χ1) is 12.6. The van der Waals surface area contributed by atoms with Gasteiger partial charge in [0.25, 0.3) is 0 Å². The second kappa shape index (κ2) is 8.13. The number of ether oxygens (including phenoxy) is 2. The van der Waals surface area contributed by atoms with Gasteiger partial charge in [0.1, 0.15) is 11.5 Å². The van der Waals surface area contributed by atoms with Gasteiger partial charge < -0.3 is 19.3 Å². The summed E-state index contributed by atoms with van der Waals surface area (Å²) in [6, 6.07) is 14.0. The fourth-order valence-corrected chi connectivity index (χ4v) is 3.35. The lowest BCUT2D eigenvalue weighted by Crippen LogP contribution is -2.49. The van der Waals surface area contributed by atoms with Gasteiger partial charge in [-0.1, -0.05) is 29.8 Å². The SMILES string of the molecule is COc1ccc(OC)c(N2CCN(C(=O)Cc3cccc(C)c3)CC2)c1. The van der Waals surface area contributed by atoms with Crippen LogP contribution in [0.4, 0.5) is 5.69 Å². The summed E-state index contributed by atoms with van der Waals surface area (Å²) in [5.41, 5.74) is 3.27. The first kappa shape index (κ1) is 18.1. The standard InChI is InChI=1S/C21H26N2O3/c1-16-5-4-6-17(13-16)14-21(24)23-11-9-22(10-12-23)19-15-18(25-2)7-8-20(19)26-3/h4-8,13,15H,9-12,14H2,1-3H3. The van der Waals surface area contributed by atoms with Crippen LogP contribution < -0.4 is 14.4 Å². The van der Waals surface area contributed by atoms with E-state index in [1.807, 2.05) is 48.2 Å². The summed E-state index contributed by atoms with van der Waals surface area (Å²) in [7, 11) is 3.33. The van der Waals surface area contributed by atoms with E-state index in [1.165, 1.54) is 5.56 Å². The third-order valence-electron chi connectivity index (χ3n) is 4.80. The van der Waals surface area contributed by atoms with Crippen LogP contribution in [0, 0.1) is 6.92 Å². The van der Waals surface area contributed by atoms with Crippen molar-refractivity contribution in [3.05, 3.63) is 53.6 Å². The minimum atomic E-state index is 0.188. The zero-order chi connectivity index (χ0) is 18.5. The number of nitrogens with zero attached hydrogens (tertiary/aromatic N) is 2. The molecule has 1 aliphatic heterocycles. The normalized spacial score (nSPS) is 14.3. The number of hydrogen-bond donors (Lipinski definition) is 0. The Morgan fingerprint density at radius 3 is 2.42 bits per heavy atom. The van der Waals surface area contributed by atoms with E-state index in [1.54, 1.807) is 14.2 Å². The van der Waals surface area contributed by atoms with Gasteiger partial charge in [0, 0.05) is 32.2 Å². The molecule has 2 aromatic rings. The number of carbonyl (C=O) groups excluding carboxylic acids is 1. The number of anilines is 1. The second-order valence-corrected chi connectivity index (χ2v) is 6.57. The molecule has 1 fully saturated rings. The van der Waals surface area contributed by atoms with Gasteiger partial charge in [-0.05, 0) is 24.6 Å². The van der Waals surface area contributed by atoms with E-state index in [4.69, 9.17) is 9.47 Å². The largest absolute Gasteiger partial charge is 0.497 e. The van der Waals surface area contributed by atoms with Crippen LogP contribution >= 0.6 is 0 Å². The fourth-order valence-electron chi connectivity index (χ4n) is 3.35. The Labute approximate surface area is 155 Å². The summed E-state index contributed by atoms with van der Waals surface area (Å²) in [5.74, 6) is 1.82. The number of piperazine rings is 1. The number of benzene rings is 2. The maximum Gasteiger partial charge on any atom is 0.227 e. The van der Waals surface area contributed by atoms with Crippen LogP contribution in [0.15, 0.2) is 42.5 Å². The van der Waals surface area contributed by atoms with Crippen LogP contribution in [0.25, 0.3) is 0 Å². The minimum Gasteiger partial charge on any atom is -0.497 e. The molecule has 0 saturated carbocycles. The van der Waals surface area contributed by atoms with Gasteiger partial charge in [0.15, 0.2) is 0 Å². The predicted octanol–water partition coefficient (Wildman–Crippen LogP) is 2.90. The Balaban J connectivity index is 1.63. The molecule has 0 radical (unpaired) electrons. The molecular formula is C21H26N2O3. The predicted molar refractivity (Wildman–Crippen MR) is 103 cm³/mol. The minimum absolute atomic E-state index is 0.188. The smallest absolute Gasteiger partial charge is 0.227 e. The molecule has 0 bridgehead atoms. The van der Waals surface area contributed by atoms with Gasteiger partial charge in [-0.3, -0.25) is 4.79 Å². The van der Waals surface area contributed by atoms with Crippen molar-refractivity contribution < 1.29 is 14.3 Å². The van der Waals surface area contributed by atoms with Crippen molar-refractivity contribution in [1.82, 2.24) is 4.90 Å². The van der Waals surface area contributed by atoms with Gasteiger partial charge in [0.2, 0.25) is 5.91 Å². The lowest BCUT2D eigenvalue weighted by molar-refractivity contribution is -0.130. The molecule has 1 amide bonds. The van der Waals surface area contributed by atoms with E-state index in [2.05, 4.69) is 11.0 Å². The summed E-state index contributed by atoms with van der Waals surface area (Å²) in [6.45, 7) is 5.04. The van der Waals surface area contributed by atoms with Gasteiger partial charge in [0.05, 0.1) is 26.3 Å². The molecular weight excluding hydrogens is 328 g/mol. The van der Waals surface area contributed by atoms with Gasteiger partial charge >= 0.3 is 0 Å². The van der Waals surface area contributed by atoms with E-state index in [0.29, 0.717) is 19.5 Å². The first-order valence-corrected chi connectivity index (χ1v) is 8.91. The van der Waals surface area contributed by atoms with Crippen LogP contribution in [0.5, 0.6) is 11.5 Å². The van der Waals surface area contributed by atoms with E-state index < -0.39 is 0 Å². The molecule has 26 heavy (non-hydrogen) atoms. The molecule has 1 saturated heterocycles. The quantitative estimate of drug-likeness (QED) is 0.828. The van der Waals surface area contributed by atoms with Crippen molar-refractivity contribution in [3.63, 3.8) is 0 Å². The Morgan fingerprint density at radius 1 is 1.00 bits per heavy atom. The highest BCUT2D eigenvalue weighted by atomic mass is 16.5. The molecule has 0 unspecified atom stereocenters. The number of aryl methyl sites for hydroxylation is 1. The third-order valence-corrected chi connectivity index (χ3v) is 4.80. The van der Waals surface area contributed by atoms with E-state index in [0.717, 1.165) is 35.8 Å². The Bertz CT molecular complexity index is 768. The molecule has 3 rings (SSSR count). The van der Waals surface area contributed by atoms with Crippen molar-refractivity contribution in [3.8, 4) is 11.5 Å². The molecule has 0 spiro atoms. The number of amides is 1. The van der Waals surface area contributed by atoms with Crippen LogP contribution in [0.1, 0.15) is 11.1 Å². The number of hydrogen-bond acceptors (Lipinski definition) is 4. The topological polar surface area (TPSA) is 42.0 Å². The lowest BCUT2D eigenvalue weighted by atomic mass is 10.1. The molecule has 0 aromatic heterocycles. The highest BCUT2D eigenvalue weighted by Crippen LogP contribution is 2.32. The maximum absolute atomic E-state index is 12.6. The number of carbonyl (C=O) groups is 1. The molecule has 1 aliphatic rings. The van der Waals surface area contributed by atoms with Gasteiger partial charge in [-0.15, -0.1) is 0 Å². The van der Waals surface area contributed by atoms with Gasteiger partial charge in [-0.25, -0.2) is 0 Å². The zero-order valence-electron chi connectivity index (χ0n) is 15.7. The number of methoxy groups -OCH3 is 2. The van der Waals surface area contributed by atoms with Gasteiger partial charge in [-0.2, -0.15) is 0 Å². The average molecular weight is 354 g/mol. The molecule has 0 atom stereocenters. The number of rotatable bonds is 5. The summed E-state index contributed by atoms with van der Waals surface area (Å²) >= 11 is 0. The zero-order valence-corrected chi connectivity index (χ0v) is 15.7. The van der Waals surface area contributed by atoms with Crippen LogP contribution in [0.2, 0.25) is 0 Å². The summed E-state index contributed by atoms with van der Waals surface area (Å²) in [5, 5.41) is 0. The Kier molecular flexibility index (Phi) is 5.66. The molecule has 0 aliphatic carbocycles. The van der Waals surface area contributed by atoms with Crippen molar-refractivity contribution in [1.29, 1.82) is 0 Å². The van der Waals surface area contributed by atoms with E-state index in [9.17, 15) is 4.79 Å². The van der Waals surface area contributed by atoms with Crippen LogP contribution in [-0.2, 0) is 11.2 Å². The van der Waals surface area contributed by atoms with Crippen molar-refractivity contribution in [2.45, 2.75) is 13.3 Å². The Morgan fingerprint density at radius 2 is 1.77 bits per heavy atom. The first-order valence-electron chi connectivity index (χ1n) is 8.91. The molecule has 2 aromatic carbocycles. The summed E-state index contributed by atoms with van der Waals surface area (Å²) < 4.78 is 10.8. The lowest BCUT2D eigenvalue weighted by Gasteiger charge is -2.36. The van der Waals surface area contributed by atoms with Crippen LogP contribution in [-0.4, -0.2) is 51.2 Å². The maximum atomic E-state index is 12.6. The average Bonchev–Trinajstić information content (AvgIpc) is 2.67. The molecule has 0 N–H and O–H groups in total. The molecule has 5 heteroatoms. The van der Waals surface area contributed by atoms with E-state index >= 15 is 0 Å². The van der Waals surface area contributed by atoms with Crippen LogP contribution in [0.3, 0.4) is 0 Å². The fraction of sp³-hybridized carbons (Fsp3) is 0.381. The van der Waals surface area contributed by atoms with Crippen molar-refractivity contribution in [2.75, 3.05) is 45.3 Å². The third kappa shape index (κ3) is 4.10. The van der Waals surface area contributed by atoms with E-state index in [-0.39, 0.29) is 5.91 Å². The summed E-state index contributed by atoms with van der Waals surface area (Å²) in [4.78, 5) is 16.8. The monoisotopic (exact) mass is 354 g/mol. The van der Waals surface area contributed by atoms with Crippen molar-refractivity contribution in [2.24, 2.45) is 0 Å². The second-order valence-electron chi connectivity index (χ2n) is 6.57. The highest BCUT2D eigenvalue weighted by molar-refractivity contribution is 5.79. The molecule has 5 nitrogen and oxygen atoms in total. The summed E-state index contributed by atoms with van der Waals surface area (Å²) in [6.07, 6.45) is 0.462. The highest BCUT2D eigenvalue weighted by Gasteiger charge is 2.23. The molecule has 138 valence electrons. The Hall–Kier alpha value is -2.69.